The average molecular weight is 707 g/mol. The summed E-state index contributed by atoms with van der Waals surface area (Å²) >= 11 is 0. The number of carbonyl (C=O) groups is 2. The molecule has 0 radical (unpaired) electrons. The Labute approximate surface area is 306 Å². The third-order valence-corrected chi connectivity index (χ3v) is 9.31. The fourth-order valence-electron chi connectivity index (χ4n) is 6.77. The summed E-state index contributed by atoms with van der Waals surface area (Å²) in [5, 5.41) is 13.4. The summed E-state index contributed by atoms with van der Waals surface area (Å²) in [5.74, 6) is 0.815. The first kappa shape index (κ1) is 32.1. The van der Waals surface area contributed by atoms with Gasteiger partial charge in [0, 0.05) is 34.3 Å². The molecule has 0 aliphatic carbocycles. The van der Waals surface area contributed by atoms with Crippen molar-refractivity contribution in [3.8, 4) is 0 Å². The summed E-state index contributed by atoms with van der Waals surface area (Å²) < 4.78 is 0. The highest BCUT2D eigenvalue weighted by atomic mass is 16.2. The van der Waals surface area contributed by atoms with E-state index >= 15 is 0 Å². The number of hydrogen-bond acceptors (Lipinski definition) is 8. The van der Waals surface area contributed by atoms with Crippen LogP contribution in [0, 0.1) is 0 Å². The zero-order valence-corrected chi connectivity index (χ0v) is 28.5. The van der Waals surface area contributed by atoms with E-state index in [0.717, 1.165) is 65.2 Å². The molecule has 0 fully saturated rings. The minimum absolute atomic E-state index is 0.232. The highest BCUT2D eigenvalue weighted by Crippen LogP contribution is 2.31. The van der Waals surface area contributed by atoms with E-state index in [1.165, 1.54) is 0 Å². The van der Waals surface area contributed by atoms with E-state index in [9.17, 15) is 9.59 Å². The van der Waals surface area contributed by atoms with Crippen molar-refractivity contribution in [1.29, 1.82) is 0 Å². The number of anilines is 4. The average Bonchev–Trinajstić information content (AvgIpc) is 3.88. The van der Waals surface area contributed by atoms with Crippen LogP contribution in [-0.2, 0) is 0 Å². The molecule has 0 aliphatic heterocycles. The Morgan fingerprint density at radius 1 is 0.500 bits per heavy atom. The van der Waals surface area contributed by atoms with E-state index in [-0.39, 0.29) is 23.7 Å². The second kappa shape index (κ2) is 13.0. The van der Waals surface area contributed by atoms with Crippen LogP contribution in [0.1, 0.15) is 20.7 Å². The molecule has 0 atom stereocenters. The van der Waals surface area contributed by atoms with Gasteiger partial charge in [-0.05, 0) is 82.2 Å². The van der Waals surface area contributed by atoms with Gasteiger partial charge in [-0.25, -0.2) is 0 Å². The maximum atomic E-state index is 12.9. The van der Waals surface area contributed by atoms with Gasteiger partial charge in [0.05, 0.1) is 32.8 Å². The van der Waals surface area contributed by atoms with Crippen LogP contribution in [0.5, 0.6) is 0 Å². The first-order valence-electron chi connectivity index (χ1n) is 17.0. The SMILES string of the molecule is Nc1nc(NC(=O)c2ccc3ccccc3c2)c2c(ccc3nccc32)[nH]1.Nc1nc(NC(=O)c2ccc3ccccc3c2)c2c(ccc3nccc32)[nH]1. The van der Waals surface area contributed by atoms with E-state index in [1.807, 2.05) is 109 Å². The van der Waals surface area contributed by atoms with E-state index < -0.39 is 0 Å². The Bertz CT molecular complexity index is 2890. The largest absolute Gasteiger partial charge is 0.369 e. The van der Waals surface area contributed by atoms with Gasteiger partial charge in [-0.3, -0.25) is 19.6 Å². The van der Waals surface area contributed by atoms with Crippen molar-refractivity contribution in [2.24, 2.45) is 0 Å². The van der Waals surface area contributed by atoms with Crippen LogP contribution >= 0.6 is 0 Å². The minimum atomic E-state index is -0.239. The monoisotopic (exact) mass is 706 g/mol. The van der Waals surface area contributed by atoms with Gasteiger partial charge in [0.1, 0.15) is 11.6 Å². The Balaban J connectivity index is 0.000000142. The Kier molecular flexibility index (Phi) is 7.74. The maximum Gasteiger partial charge on any atom is 0.256 e. The summed E-state index contributed by atoms with van der Waals surface area (Å²) in [5.41, 5.74) is 16.2. The summed E-state index contributed by atoms with van der Waals surface area (Å²) in [4.78, 5) is 49.1. The number of aromatic nitrogens is 6. The Morgan fingerprint density at radius 3 is 1.37 bits per heavy atom. The Hall–Kier alpha value is -7.86. The number of nitrogens with one attached hydrogen (secondary N) is 4. The van der Waals surface area contributed by atoms with Gasteiger partial charge in [0.15, 0.2) is 11.9 Å². The van der Waals surface area contributed by atoms with Crippen molar-refractivity contribution in [3.05, 3.63) is 145 Å². The molecule has 260 valence electrons. The third-order valence-electron chi connectivity index (χ3n) is 9.31. The van der Waals surface area contributed by atoms with Crippen molar-refractivity contribution in [2.75, 3.05) is 22.1 Å². The van der Waals surface area contributed by atoms with Gasteiger partial charge in [0.25, 0.3) is 11.8 Å². The molecule has 4 heterocycles. The molecule has 4 aromatic heterocycles. The lowest BCUT2D eigenvalue weighted by atomic mass is 10.1. The lowest BCUT2D eigenvalue weighted by Crippen LogP contribution is -2.14. The Morgan fingerprint density at radius 2 is 0.926 bits per heavy atom. The fraction of sp³-hybridized carbons (Fsp3) is 0. The highest BCUT2D eigenvalue weighted by molar-refractivity contribution is 6.17. The summed E-state index contributed by atoms with van der Waals surface area (Å²) in [7, 11) is 0. The quantitative estimate of drug-likeness (QED) is 0.105. The second-order valence-electron chi connectivity index (χ2n) is 12.7. The number of aromatic amines is 2. The number of rotatable bonds is 4. The lowest BCUT2D eigenvalue weighted by Gasteiger charge is -2.11. The number of benzene rings is 6. The summed E-state index contributed by atoms with van der Waals surface area (Å²) in [6.45, 7) is 0. The summed E-state index contributed by atoms with van der Waals surface area (Å²) in [6, 6.07) is 38.4. The molecule has 6 aromatic carbocycles. The molecule has 0 saturated heterocycles. The molecule has 0 unspecified atom stereocenters. The number of nitrogens with two attached hydrogens (primary N) is 2. The first-order chi connectivity index (χ1) is 26.4. The van der Waals surface area contributed by atoms with Crippen molar-refractivity contribution < 1.29 is 9.59 Å². The number of amides is 2. The van der Waals surface area contributed by atoms with Gasteiger partial charge in [0.2, 0.25) is 0 Å². The zero-order valence-electron chi connectivity index (χ0n) is 28.5. The molecular weight excluding hydrogens is 677 g/mol. The predicted octanol–water partition coefficient (Wildman–Crippen LogP) is 8.20. The van der Waals surface area contributed by atoms with Gasteiger partial charge >= 0.3 is 0 Å². The molecular formula is C42H30N10O2. The summed E-state index contributed by atoms with van der Waals surface area (Å²) in [6.07, 6.45) is 3.46. The molecule has 0 spiro atoms. The van der Waals surface area contributed by atoms with Crippen molar-refractivity contribution in [3.63, 3.8) is 0 Å². The van der Waals surface area contributed by atoms with E-state index in [2.05, 4.69) is 40.5 Å². The number of nitrogens with zero attached hydrogens (tertiary/aromatic N) is 4. The molecule has 10 rings (SSSR count). The molecule has 8 N–H and O–H groups in total. The third kappa shape index (κ3) is 5.89. The van der Waals surface area contributed by atoms with Crippen LogP contribution in [0.25, 0.3) is 65.2 Å². The smallest absolute Gasteiger partial charge is 0.256 e. The first-order valence-corrected chi connectivity index (χ1v) is 17.0. The molecule has 54 heavy (non-hydrogen) atoms. The zero-order chi connectivity index (χ0) is 36.8. The second-order valence-corrected chi connectivity index (χ2v) is 12.7. The number of carbonyl (C=O) groups excluding carboxylic acids is 2. The number of fused-ring (bicyclic) bond motifs is 8. The topological polar surface area (TPSA) is 193 Å². The molecule has 0 aliphatic rings. The van der Waals surface area contributed by atoms with Crippen LogP contribution in [-0.4, -0.2) is 41.7 Å². The van der Waals surface area contributed by atoms with Gasteiger partial charge in [-0.15, -0.1) is 0 Å². The molecule has 12 heteroatoms. The number of nitrogen functional groups attached to an aromatic ring is 2. The highest BCUT2D eigenvalue weighted by Gasteiger charge is 2.16. The van der Waals surface area contributed by atoms with Crippen LogP contribution in [0.3, 0.4) is 0 Å². The molecule has 0 bridgehead atoms. The number of hydrogen-bond donors (Lipinski definition) is 6. The normalized spacial score (nSPS) is 11.3. The van der Waals surface area contributed by atoms with E-state index in [0.29, 0.717) is 22.8 Å². The van der Waals surface area contributed by atoms with Crippen molar-refractivity contribution in [1.82, 2.24) is 29.9 Å². The van der Waals surface area contributed by atoms with Gasteiger partial charge in [-0.1, -0.05) is 60.7 Å². The van der Waals surface area contributed by atoms with Gasteiger partial charge in [-0.2, -0.15) is 9.97 Å². The molecule has 0 saturated carbocycles. The van der Waals surface area contributed by atoms with Crippen molar-refractivity contribution >= 4 is 101 Å². The van der Waals surface area contributed by atoms with Crippen LogP contribution in [0.15, 0.2) is 134 Å². The van der Waals surface area contributed by atoms with E-state index in [1.54, 1.807) is 24.5 Å². The predicted molar refractivity (Wildman–Crippen MR) is 215 cm³/mol. The van der Waals surface area contributed by atoms with E-state index in [4.69, 9.17) is 11.5 Å². The van der Waals surface area contributed by atoms with Crippen LogP contribution < -0.4 is 22.1 Å². The molecule has 12 nitrogen and oxygen atoms in total. The lowest BCUT2D eigenvalue weighted by molar-refractivity contribution is 0.101. The minimum Gasteiger partial charge on any atom is -0.369 e. The standard InChI is InChI=1S/2C21H15N5O/c2*22-21-24-17-8-7-16-15(9-10-23-16)18(17)19(26-21)25-20(27)14-6-5-12-3-1-2-4-13(12)11-14/h2*1-11H,(H,25,27)(H3,22,24,26). The molecule has 2 amide bonds. The fourth-order valence-corrected chi connectivity index (χ4v) is 6.77. The maximum absolute atomic E-state index is 12.9. The van der Waals surface area contributed by atoms with Crippen molar-refractivity contribution in [2.45, 2.75) is 0 Å². The van der Waals surface area contributed by atoms with Gasteiger partial charge < -0.3 is 32.1 Å². The number of H-pyrrole nitrogens is 2. The van der Waals surface area contributed by atoms with Crippen LogP contribution in [0.4, 0.5) is 23.5 Å². The van der Waals surface area contributed by atoms with Crippen LogP contribution in [0.2, 0.25) is 0 Å². The molecule has 10 aromatic rings.